The van der Waals surface area contributed by atoms with Gasteiger partial charge in [-0.1, -0.05) is 48.6 Å². The fraction of sp³-hybridized carbons (Fsp3) is 0.143. The van der Waals surface area contributed by atoms with Gasteiger partial charge in [-0.25, -0.2) is 5.32 Å². The van der Waals surface area contributed by atoms with Crippen LogP contribution in [-0.2, 0) is 4.79 Å². The van der Waals surface area contributed by atoms with Crippen molar-refractivity contribution in [1.82, 2.24) is 5.32 Å². The largest absolute Gasteiger partial charge is 0.346 e. The third-order valence-electron chi connectivity index (χ3n) is 2.85. The van der Waals surface area contributed by atoms with E-state index < -0.39 is 0 Å². The minimum absolute atomic E-state index is 0.0838. The maximum Gasteiger partial charge on any atom is 0.346 e. The predicted octanol–water partition coefficient (Wildman–Crippen LogP) is -0.153. The van der Waals surface area contributed by atoms with E-state index in [1.54, 1.807) is 6.08 Å². The van der Waals surface area contributed by atoms with Gasteiger partial charge in [-0.15, -0.1) is 0 Å². The Morgan fingerprint density at radius 1 is 1.33 bits per heavy atom. The molecule has 1 aromatic rings. The van der Waals surface area contributed by atoms with Gasteiger partial charge in [-0.05, 0) is 12.0 Å². The molecule has 1 unspecified atom stereocenters. The van der Waals surface area contributed by atoms with Crippen molar-refractivity contribution >= 4 is 11.9 Å². The normalized spacial score (nSPS) is 18.0. The molecule has 1 amide bonds. The first-order valence-corrected chi connectivity index (χ1v) is 5.79. The van der Waals surface area contributed by atoms with Gasteiger partial charge in [0.2, 0.25) is 0 Å². The Hall–Kier alpha value is -2.36. The van der Waals surface area contributed by atoms with Crippen molar-refractivity contribution < 1.29 is 10.2 Å². The molecule has 92 valence electrons. The molecule has 0 heterocycles. The molecule has 2 rings (SSSR count). The maximum atomic E-state index is 11.6. The third kappa shape index (κ3) is 2.85. The fourth-order valence-corrected chi connectivity index (χ4v) is 1.94. The summed E-state index contributed by atoms with van der Waals surface area (Å²) in [6, 6.07) is 10.2. The summed E-state index contributed by atoms with van der Waals surface area (Å²) in [5.74, 6) is -0.0285. The topological polar surface area (TPSA) is 80.7 Å². The molecule has 1 atom stereocenters. The van der Waals surface area contributed by atoms with E-state index in [9.17, 15) is 4.79 Å². The summed E-state index contributed by atoms with van der Waals surface area (Å²) in [7, 11) is 0. The number of benzene rings is 1. The molecule has 0 saturated carbocycles. The lowest BCUT2D eigenvalue weighted by Crippen LogP contribution is -2.56. The molecule has 0 bridgehead atoms. The Balaban J connectivity index is 2.03. The van der Waals surface area contributed by atoms with Gasteiger partial charge in [-0.3, -0.25) is 15.9 Å². The number of rotatable bonds is 2. The third-order valence-corrected chi connectivity index (χ3v) is 2.85. The Kier molecular flexibility index (Phi) is 3.57. The van der Waals surface area contributed by atoms with Gasteiger partial charge < -0.3 is 0 Å². The van der Waals surface area contributed by atoms with Gasteiger partial charge >= 0.3 is 11.9 Å². The zero-order valence-corrected chi connectivity index (χ0v) is 9.97. The van der Waals surface area contributed by atoms with Crippen LogP contribution in [0.15, 0.2) is 54.1 Å². The molecule has 0 aromatic heterocycles. The van der Waals surface area contributed by atoms with Gasteiger partial charge in [0.25, 0.3) is 0 Å². The predicted molar refractivity (Wildman–Crippen MR) is 70.3 cm³/mol. The van der Waals surface area contributed by atoms with Crippen LogP contribution in [-0.4, -0.2) is 11.9 Å². The van der Waals surface area contributed by atoms with E-state index in [2.05, 4.69) is 17.4 Å². The molecule has 5 N–H and O–H groups in total. The van der Waals surface area contributed by atoms with Crippen molar-refractivity contribution in [3.05, 3.63) is 59.7 Å². The maximum absolute atomic E-state index is 11.6. The molecule has 1 aromatic carbocycles. The van der Waals surface area contributed by atoms with Crippen LogP contribution in [0.25, 0.3) is 0 Å². The second-order valence-electron chi connectivity index (χ2n) is 4.18. The summed E-state index contributed by atoms with van der Waals surface area (Å²) < 4.78 is 0. The van der Waals surface area contributed by atoms with Crippen LogP contribution in [0.2, 0.25) is 0 Å². The summed E-state index contributed by atoms with van der Waals surface area (Å²) in [5.41, 5.74) is 7.07. The highest BCUT2D eigenvalue weighted by Crippen LogP contribution is 2.26. The van der Waals surface area contributed by atoms with Gasteiger partial charge in [0.05, 0.1) is 5.57 Å². The Morgan fingerprint density at radius 2 is 2.06 bits per heavy atom. The SMILES string of the molecule is NC(=[NH2+])NC(=O)C1=CCC(c2ccccc2)C=C1. The smallest absolute Gasteiger partial charge is 0.291 e. The van der Waals surface area contributed by atoms with Crippen molar-refractivity contribution in [2.45, 2.75) is 12.3 Å². The molecule has 18 heavy (non-hydrogen) atoms. The van der Waals surface area contributed by atoms with Gasteiger partial charge in [-0.2, -0.15) is 0 Å². The first kappa shape index (κ1) is 12.1. The second kappa shape index (κ2) is 5.31. The van der Waals surface area contributed by atoms with Gasteiger partial charge in [0.15, 0.2) is 0 Å². The number of nitrogens with one attached hydrogen (secondary N) is 1. The summed E-state index contributed by atoms with van der Waals surface area (Å²) >= 11 is 0. The van der Waals surface area contributed by atoms with E-state index in [1.807, 2.05) is 30.4 Å². The molecule has 0 saturated heterocycles. The number of hydrogen-bond acceptors (Lipinski definition) is 1. The van der Waals surface area contributed by atoms with Crippen LogP contribution < -0.4 is 16.5 Å². The van der Waals surface area contributed by atoms with Crippen LogP contribution in [0.5, 0.6) is 0 Å². The highest BCUT2D eigenvalue weighted by Gasteiger charge is 2.17. The molecule has 1 aliphatic rings. The van der Waals surface area contributed by atoms with Crippen LogP contribution in [0.1, 0.15) is 17.9 Å². The van der Waals surface area contributed by atoms with E-state index in [0.29, 0.717) is 11.5 Å². The van der Waals surface area contributed by atoms with E-state index in [1.165, 1.54) is 5.56 Å². The fourth-order valence-electron chi connectivity index (χ4n) is 1.94. The average Bonchev–Trinajstić information content (AvgIpc) is 2.39. The van der Waals surface area contributed by atoms with E-state index in [0.717, 1.165) is 6.42 Å². The number of allylic oxidation sites excluding steroid dienone is 2. The first-order chi connectivity index (χ1) is 8.66. The molecule has 4 nitrogen and oxygen atoms in total. The zero-order valence-electron chi connectivity index (χ0n) is 9.97. The Bertz CT molecular complexity index is 517. The molecule has 0 fully saturated rings. The minimum Gasteiger partial charge on any atom is -0.291 e. The average molecular weight is 242 g/mol. The highest BCUT2D eigenvalue weighted by molar-refractivity contribution is 6.05. The minimum atomic E-state index is -0.266. The van der Waals surface area contributed by atoms with Crippen LogP contribution in [0.4, 0.5) is 0 Å². The van der Waals surface area contributed by atoms with Crippen molar-refractivity contribution in [2.75, 3.05) is 0 Å². The van der Waals surface area contributed by atoms with Crippen LogP contribution in [0.3, 0.4) is 0 Å². The summed E-state index contributed by atoms with van der Waals surface area (Å²) in [5, 5.41) is 7.61. The lowest BCUT2D eigenvalue weighted by molar-refractivity contribution is -0.127. The summed E-state index contributed by atoms with van der Waals surface area (Å²) in [6.07, 6.45) is 6.53. The van der Waals surface area contributed by atoms with Crippen LogP contribution >= 0.6 is 0 Å². The molecular formula is C14H16N3O+. The number of carbonyl (C=O) groups excluding carboxylic acids is 1. The number of guanidine groups is 1. The monoisotopic (exact) mass is 242 g/mol. The highest BCUT2D eigenvalue weighted by atomic mass is 16.1. The number of nitrogens with two attached hydrogens (primary N) is 2. The quantitative estimate of drug-likeness (QED) is 0.498. The number of hydrogen-bond donors (Lipinski definition) is 3. The lowest BCUT2D eigenvalue weighted by atomic mass is 9.90. The molecule has 4 heteroatoms. The van der Waals surface area contributed by atoms with Crippen molar-refractivity contribution in [3.8, 4) is 0 Å². The molecule has 0 radical (unpaired) electrons. The van der Waals surface area contributed by atoms with Gasteiger partial charge in [0.1, 0.15) is 0 Å². The van der Waals surface area contributed by atoms with E-state index >= 15 is 0 Å². The number of carbonyl (C=O) groups is 1. The van der Waals surface area contributed by atoms with Crippen molar-refractivity contribution in [3.63, 3.8) is 0 Å². The van der Waals surface area contributed by atoms with Gasteiger partial charge in [0, 0.05) is 5.92 Å². The summed E-state index contributed by atoms with van der Waals surface area (Å²) in [6.45, 7) is 0. The van der Waals surface area contributed by atoms with Crippen molar-refractivity contribution in [1.29, 1.82) is 0 Å². The molecular weight excluding hydrogens is 226 g/mol. The Labute approximate surface area is 106 Å². The van der Waals surface area contributed by atoms with Crippen LogP contribution in [0, 0.1) is 0 Å². The zero-order chi connectivity index (χ0) is 13.0. The standard InChI is InChI=1S/C14H15N3O/c15-14(16)17-13(18)12-8-6-11(7-9-12)10-4-2-1-3-5-10/h1-6,8-9,11H,7H2,(H4,15,16,17,18)/p+1. The molecule has 1 aliphatic carbocycles. The Morgan fingerprint density at radius 3 is 2.61 bits per heavy atom. The van der Waals surface area contributed by atoms with E-state index in [-0.39, 0.29) is 11.9 Å². The van der Waals surface area contributed by atoms with E-state index in [4.69, 9.17) is 11.1 Å². The van der Waals surface area contributed by atoms with Crippen molar-refractivity contribution in [2.24, 2.45) is 5.73 Å². The summed E-state index contributed by atoms with van der Waals surface area (Å²) in [4.78, 5) is 11.6. The number of amides is 1. The molecule has 0 aliphatic heterocycles. The second-order valence-corrected chi connectivity index (χ2v) is 4.18. The molecule has 0 spiro atoms. The lowest BCUT2D eigenvalue weighted by Gasteiger charge is -2.15. The first-order valence-electron chi connectivity index (χ1n) is 5.79.